The van der Waals surface area contributed by atoms with Crippen molar-refractivity contribution in [2.45, 2.75) is 19.4 Å². The van der Waals surface area contributed by atoms with Crippen LogP contribution in [0.3, 0.4) is 0 Å². The van der Waals surface area contributed by atoms with E-state index in [0.29, 0.717) is 0 Å². The van der Waals surface area contributed by atoms with Crippen LogP contribution in [0, 0.1) is 0 Å². The summed E-state index contributed by atoms with van der Waals surface area (Å²) in [6.45, 7) is 0.804. The number of fused-ring (bicyclic) bond motifs is 9. The largest absolute Gasteiger partial charge is 0.340 e. The van der Waals surface area contributed by atoms with E-state index in [-0.39, 0.29) is 0 Å². The van der Waals surface area contributed by atoms with Gasteiger partial charge in [-0.2, -0.15) is 0 Å². The van der Waals surface area contributed by atoms with Gasteiger partial charge in [-0.15, -0.1) is 0 Å². The second-order valence-corrected chi connectivity index (χ2v) is 12.5. The maximum Gasteiger partial charge on any atom is 0.0541 e. The van der Waals surface area contributed by atoms with Crippen molar-refractivity contribution in [2.24, 2.45) is 0 Å². The molecule has 0 N–H and O–H groups in total. The van der Waals surface area contributed by atoms with Crippen LogP contribution in [-0.4, -0.2) is 13.7 Å². The first-order valence-electron chi connectivity index (χ1n) is 16.2. The summed E-state index contributed by atoms with van der Waals surface area (Å²) in [5, 5.41) is 6.45. The SMILES string of the molecule is C1=Cc2c(n(Cc3cc(-n4c5ccccc5c5ccccc54)cc(-n4c5ccccc5c5ccccc54)c3)c3ccccc23)CC1. The van der Waals surface area contributed by atoms with Crippen molar-refractivity contribution >= 4 is 60.6 Å². The fourth-order valence-corrected chi connectivity index (χ4v) is 8.03. The quantitative estimate of drug-likeness (QED) is 0.194. The molecule has 0 unspecified atom stereocenters. The lowest BCUT2D eigenvalue weighted by molar-refractivity contribution is 0.754. The maximum atomic E-state index is 2.56. The second-order valence-electron chi connectivity index (χ2n) is 12.5. The lowest BCUT2D eigenvalue weighted by Gasteiger charge is -2.18. The van der Waals surface area contributed by atoms with Crippen LogP contribution in [0.25, 0.3) is 72.0 Å². The van der Waals surface area contributed by atoms with Gasteiger partial charge in [-0.05, 0) is 66.9 Å². The summed E-state index contributed by atoms with van der Waals surface area (Å²) in [6, 6.07) is 51.3. The van der Waals surface area contributed by atoms with E-state index in [9.17, 15) is 0 Å². The van der Waals surface area contributed by atoms with Gasteiger partial charge in [0, 0.05) is 61.6 Å². The third-order valence-corrected chi connectivity index (χ3v) is 9.93. The molecule has 0 saturated carbocycles. The fourth-order valence-electron chi connectivity index (χ4n) is 8.03. The van der Waals surface area contributed by atoms with Crippen LogP contribution in [0.4, 0.5) is 0 Å². The highest BCUT2D eigenvalue weighted by atomic mass is 15.0. The van der Waals surface area contributed by atoms with Gasteiger partial charge in [-0.1, -0.05) is 103 Å². The highest BCUT2D eigenvalue weighted by Crippen LogP contribution is 2.37. The predicted molar refractivity (Wildman–Crippen MR) is 194 cm³/mol. The van der Waals surface area contributed by atoms with Gasteiger partial charge in [-0.25, -0.2) is 0 Å². The third-order valence-electron chi connectivity index (χ3n) is 9.93. The molecule has 3 heteroatoms. The van der Waals surface area contributed by atoms with Crippen LogP contribution in [0.15, 0.2) is 146 Å². The minimum absolute atomic E-state index is 0.804. The molecule has 0 saturated heterocycles. The van der Waals surface area contributed by atoms with Crippen LogP contribution in [0.1, 0.15) is 23.2 Å². The van der Waals surface area contributed by atoms with E-state index in [4.69, 9.17) is 0 Å². The van der Waals surface area contributed by atoms with Crippen molar-refractivity contribution in [1.82, 2.24) is 13.7 Å². The summed E-state index contributed by atoms with van der Waals surface area (Å²) >= 11 is 0. The summed E-state index contributed by atoms with van der Waals surface area (Å²) in [5.74, 6) is 0. The highest BCUT2D eigenvalue weighted by Gasteiger charge is 2.20. The Bertz CT molecular complexity index is 2440. The summed E-state index contributed by atoms with van der Waals surface area (Å²) in [6.07, 6.45) is 6.79. The Balaban J connectivity index is 1.28. The Labute approximate surface area is 266 Å². The van der Waals surface area contributed by atoms with Crippen LogP contribution in [0.2, 0.25) is 0 Å². The average molecular weight is 590 g/mol. The van der Waals surface area contributed by atoms with Crippen molar-refractivity contribution in [1.29, 1.82) is 0 Å². The first-order chi connectivity index (χ1) is 22.8. The molecular formula is C43H31N3. The summed E-state index contributed by atoms with van der Waals surface area (Å²) in [4.78, 5) is 0. The molecule has 0 radical (unpaired) electrons. The van der Waals surface area contributed by atoms with E-state index in [1.54, 1.807) is 0 Å². The van der Waals surface area contributed by atoms with Crippen LogP contribution in [0.5, 0.6) is 0 Å². The number of allylic oxidation sites excluding steroid dienone is 1. The molecule has 0 amide bonds. The Morgan fingerprint density at radius 3 is 1.39 bits per heavy atom. The molecule has 6 aromatic carbocycles. The van der Waals surface area contributed by atoms with Crippen molar-refractivity contribution in [3.8, 4) is 11.4 Å². The van der Waals surface area contributed by atoms with Gasteiger partial charge < -0.3 is 13.7 Å². The Morgan fingerprint density at radius 1 is 0.457 bits per heavy atom. The molecule has 0 bridgehead atoms. The van der Waals surface area contributed by atoms with Crippen LogP contribution in [-0.2, 0) is 13.0 Å². The van der Waals surface area contributed by atoms with E-state index < -0.39 is 0 Å². The summed E-state index contributed by atoms with van der Waals surface area (Å²) < 4.78 is 7.48. The highest BCUT2D eigenvalue weighted by molar-refractivity contribution is 6.10. The number of para-hydroxylation sites is 5. The molecule has 0 atom stereocenters. The minimum atomic E-state index is 0.804. The average Bonchev–Trinajstić information content (AvgIpc) is 3.74. The zero-order chi connectivity index (χ0) is 30.2. The van der Waals surface area contributed by atoms with Crippen molar-refractivity contribution < 1.29 is 0 Å². The van der Waals surface area contributed by atoms with E-state index in [1.165, 1.54) is 82.7 Å². The fraction of sp³-hybridized carbons (Fsp3) is 0.0698. The lowest BCUT2D eigenvalue weighted by atomic mass is 10.0. The van der Waals surface area contributed by atoms with E-state index in [2.05, 4.69) is 165 Å². The van der Waals surface area contributed by atoms with Gasteiger partial charge >= 0.3 is 0 Å². The lowest BCUT2D eigenvalue weighted by Crippen LogP contribution is -2.08. The topological polar surface area (TPSA) is 14.8 Å². The zero-order valence-electron chi connectivity index (χ0n) is 25.4. The smallest absolute Gasteiger partial charge is 0.0541 e. The van der Waals surface area contributed by atoms with E-state index in [1.807, 2.05) is 0 Å². The summed E-state index contributed by atoms with van der Waals surface area (Å²) in [5.41, 5.74) is 12.7. The molecule has 0 spiro atoms. The van der Waals surface area contributed by atoms with Crippen molar-refractivity contribution in [2.75, 3.05) is 0 Å². The standard InChI is InChI=1S/C43H31N3/c1-7-19-38-32(13-1)33-14-2-8-20-39(33)44(38)28-29-25-30(45-40-21-9-3-15-34(40)35-16-4-10-22-41(35)45)27-31(26-29)46-42-23-11-5-17-36(42)37-18-6-12-24-43(37)46/h1-7,9-19,21-27H,8,20,28H2. The Morgan fingerprint density at radius 2 is 0.891 bits per heavy atom. The van der Waals surface area contributed by atoms with Crippen LogP contribution < -0.4 is 0 Å². The molecule has 3 heterocycles. The van der Waals surface area contributed by atoms with Crippen molar-refractivity contribution in [3.05, 3.63) is 162 Å². The molecule has 1 aliphatic carbocycles. The number of aromatic nitrogens is 3. The third kappa shape index (κ3) is 3.66. The van der Waals surface area contributed by atoms with Crippen molar-refractivity contribution in [3.63, 3.8) is 0 Å². The normalized spacial score (nSPS) is 13.0. The number of hydrogen-bond donors (Lipinski definition) is 0. The number of nitrogens with zero attached hydrogens (tertiary/aromatic N) is 3. The van der Waals surface area contributed by atoms with E-state index in [0.717, 1.165) is 19.4 Å². The molecule has 1 aliphatic rings. The molecule has 3 aromatic heterocycles. The van der Waals surface area contributed by atoms with E-state index >= 15 is 0 Å². The second kappa shape index (κ2) is 9.85. The molecule has 218 valence electrons. The number of rotatable bonds is 4. The molecule has 46 heavy (non-hydrogen) atoms. The monoisotopic (exact) mass is 589 g/mol. The first-order valence-corrected chi connectivity index (χ1v) is 16.2. The molecule has 0 aliphatic heterocycles. The summed E-state index contributed by atoms with van der Waals surface area (Å²) in [7, 11) is 0. The maximum absolute atomic E-state index is 2.56. The van der Waals surface area contributed by atoms with Gasteiger partial charge in [0.1, 0.15) is 0 Å². The predicted octanol–water partition coefficient (Wildman–Crippen LogP) is 10.8. The molecule has 10 rings (SSSR count). The first kappa shape index (κ1) is 25.5. The molecule has 3 nitrogen and oxygen atoms in total. The molecular weight excluding hydrogens is 558 g/mol. The van der Waals surface area contributed by atoms with Crippen LogP contribution >= 0.6 is 0 Å². The minimum Gasteiger partial charge on any atom is -0.340 e. The van der Waals surface area contributed by atoms with Gasteiger partial charge in [-0.3, -0.25) is 0 Å². The van der Waals surface area contributed by atoms with Gasteiger partial charge in [0.15, 0.2) is 0 Å². The van der Waals surface area contributed by atoms with Gasteiger partial charge in [0.25, 0.3) is 0 Å². The number of benzene rings is 6. The zero-order valence-corrected chi connectivity index (χ0v) is 25.4. The molecule has 0 fully saturated rings. The Kier molecular flexibility index (Phi) is 5.47. The van der Waals surface area contributed by atoms with Gasteiger partial charge in [0.05, 0.1) is 22.1 Å². The number of hydrogen-bond acceptors (Lipinski definition) is 0. The molecule has 9 aromatic rings. The van der Waals surface area contributed by atoms with Gasteiger partial charge in [0.2, 0.25) is 0 Å². The Hall–Kier alpha value is -5.80.